The van der Waals surface area contributed by atoms with E-state index in [0.29, 0.717) is 45.1 Å². The third kappa shape index (κ3) is 36.5. The van der Waals surface area contributed by atoms with E-state index < -0.39 is 133 Å². The fraction of sp³-hybridized carbons (Fsp3) is 0.720. The molecule has 0 aromatic rings. The average molecular weight is 1260 g/mol. The fourth-order valence-corrected chi connectivity index (χ4v) is 8.08. The summed E-state index contributed by atoms with van der Waals surface area (Å²) >= 11 is 0. The second-order valence-electron chi connectivity index (χ2n) is 20.2. The van der Waals surface area contributed by atoms with Crippen LogP contribution in [-0.4, -0.2) is 218 Å². The SMILES string of the molecule is NCCCC[C@H](NC(=O)[C@H](CCCCN)NC(=O)[C@H](CCCN=C(N)N)NC(=O)[C@H](CCCN=C(N)N)NC(=O)[C@H](CO)NC(=O)[C@H](CO)NC(=O)[C@H](CCCCN)NC(=O)[C@H](CCCN=C(N)N)NC(=O)CNC(=O)[C@@H](N)CCCN=C(N)N)C(=O)O. The molecule has 0 aromatic heterocycles. The van der Waals surface area contributed by atoms with E-state index in [4.69, 9.17) is 68.8 Å². The van der Waals surface area contributed by atoms with Gasteiger partial charge in [0.2, 0.25) is 53.2 Å². The van der Waals surface area contributed by atoms with Crippen LogP contribution in [0.25, 0.3) is 0 Å². The second-order valence-corrected chi connectivity index (χ2v) is 20.2. The number of hydrogen-bond donors (Lipinski definition) is 24. The average Bonchev–Trinajstić information content (AvgIpc) is 3.62. The number of rotatable bonds is 49. The van der Waals surface area contributed by atoms with Crippen LogP contribution in [0.3, 0.4) is 0 Å². The number of hydrogen-bond acceptors (Lipinski definition) is 20. The number of carboxylic acids is 1. The molecule has 36 N–H and O–H groups in total. The maximum atomic E-state index is 14.2. The van der Waals surface area contributed by atoms with Crippen molar-refractivity contribution in [3.63, 3.8) is 0 Å². The van der Waals surface area contributed by atoms with Crippen molar-refractivity contribution in [1.29, 1.82) is 0 Å². The Kier molecular flexibility index (Phi) is 42.2. The van der Waals surface area contributed by atoms with E-state index in [2.05, 4.69) is 67.8 Å². The molecule has 0 rings (SSSR count). The first kappa shape index (κ1) is 79.5. The van der Waals surface area contributed by atoms with E-state index in [9.17, 15) is 63.3 Å². The highest BCUT2D eigenvalue weighted by Crippen LogP contribution is 2.10. The molecule has 0 aliphatic rings. The Hall–Kier alpha value is -8.46. The van der Waals surface area contributed by atoms with Gasteiger partial charge in [-0.05, 0) is 129 Å². The van der Waals surface area contributed by atoms with Gasteiger partial charge in [-0.15, -0.1) is 0 Å². The fourth-order valence-electron chi connectivity index (χ4n) is 8.08. The zero-order valence-corrected chi connectivity index (χ0v) is 49.9. The van der Waals surface area contributed by atoms with Crippen molar-refractivity contribution in [1.82, 2.24) is 47.9 Å². The predicted octanol–water partition coefficient (Wildman–Crippen LogP) is -11.0. The van der Waals surface area contributed by atoms with Crippen LogP contribution in [-0.2, 0) is 47.9 Å². The third-order valence-electron chi connectivity index (χ3n) is 12.8. The second kappa shape index (κ2) is 46.7. The van der Waals surface area contributed by atoms with Gasteiger partial charge in [-0.1, -0.05) is 0 Å². The molecule has 0 unspecified atom stereocenters. The molecule has 0 heterocycles. The first-order chi connectivity index (χ1) is 41.7. The molecule has 38 nitrogen and oxygen atoms in total. The number of aliphatic carboxylic acids is 1. The number of unbranched alkanes of at least 4 members (excludes halogenated alkanes) is 3. The van der Waals surface area contributed by atoms with Gasteiger partial charge in [-0.3, -0.25) is 63.1 Å². The van der Waals surface area contributed by atoms with E-state index in [0.717, 1.165) is 0 Å². The van der Waals surface area contributed by atoms with Crippen molar-refractivity contribution in [2.75, 3.05) is 65.6 Å². The van der Waals surface area contributed by atoms with Gasteiger partial charge in [0, 0.05) is 26.2 Å². The maximum absolute atomic E-state index is 14.2. The van der Waals surface area contributed by atoms with Crippen LogP contribution >= 0.6 is 0 Å². The number of guanidine groups is 4. The van der Waals surface area contributed by atoms with Crippen molar-refractivity contribution in [3.8, 4) is 0 Å². The minimum Gasteiger partial charge on any atom is -0.480 e. The van der Waals surface area contributed by atoms with Crippen LogP contribution in [0, 0.1) is 0 Å². The quantitative estimate of drug-likeness (QED) is 0.0153. The number of nitrogens with two attached hydrogens (primary N) is 12. The summed E-state index contributed by atoms with van der Waals surface area (Å²) in [6, 6.07) is -13.2. The third-order valence-corrected chi connectivity index (χ3v) is 12.8. The van der Waals surface area contributed by atoms with Crippen LogP contribution < -0.4 is 117 Å². The van der Waals surface area contributed by atoms with Gasteiger partial charge in [-0.25, -0.2) is 4.79 Å². The number of carbonyl (C=O) groups is 10. The number of aliphatic imine (C=N–C) groups is 4. The minimum atomic E-state index is -1.87. The normalized spacial score (nSPS) is 13.9. The summed E-state index contributed by atoms with van der Waals surface area (Å²) < 4.78 is 0. The summed E-state index contributed by atoms with van der Waals surface area (Å²) in [5, 5.41) is 52.6. The highest BCUT2D eigenvalue weighted by Gasteiger charge is 2.35. The van der Waals surface area contributed by atoms with Crippen molar-refractivity contribution < 1.29 is 63.3 Å². The highest BCUT2D eigenvalue weighted by atomic mass is 16.4. The Morgan fingerprint density at radius 1 is 0.330 bits per heavy atom. The zero-order chi connectivity index (χ0) is 66.6. The number of carbonyl (C=O) groups excluding carboxylic acids is 9. The maximum Gasteiger partial charge on any atom is 0.326 e. The Morgan fingerprint density at radius 3 is 0.864 bits per heavy atom. The monoisotopic (exact) mass is 1260 g/mol. The van der Waals surface area contributed by atoms with Crippen LogP contribution in [0.2, 0.25) is 0 Å². The van der Waals surface area contributed by atoms with Crippen LogP contribution in [0.4, 0.5) is 0 Å². The molecule has 0 fully saturated rings. The molecule has 88 heavy (non-hydrogen) atoms. The molecule has 502 valence electrons. The summed E-state index contributed by atoms with van der Waals surface area (Å²) in [5.41, 5.74) is 66.3. The van der Waals surface area contributed by atoms with Crippen LogP contribution in [0.5, 0.6) is 0 Å². The number of carboxylic acid groups (broad SMARTS) is 1. The topological polar surface area (TPSA) is 701 Å². The number of nitrogens with one attached hydrogen (secondary N) is 9. The van der Waals surface area contributed by atoms with Gasteiger partial charge in [0.15, 0.2) is 23.8 Å². The van der Waals surface area contributed by atoms with Gasteiger partial charge in [0.1, 0.15) is 48.3 Å². The Balaban J connectivity index is 6.72. The Bertz CT molecular complexity index is 2300. The summed E-state index contributed by atoms with van der Waals surface area (Å²) in [4.78, 5) is 151. The number of amides is 9. The molecule has 0 radical (unpaired) electrons. The molecule has 0 bridgehead atoms. The first-order valence-electron chi connectivity index (χ1n) is 29.0. The van der Waals surface area contributed by atoms with E-state index in [1.165, 1.54) is 0 Å². The molecule has 9 amide bonds. The van der Waals surface area contributed by atoms with Gasteiger partial charge in [0.25, 0.3) is 0 Å². The molecule has 0 aliphatic carbocycles. The van der Waals surface area contributed by atoms with Crippen molar-refractivity contribution in [2.45, 2.75) is 164 Å². The molecular formula is C50H99N25O13. The smallest absolute Gasteiger partial charge is 0.326 e. The van der Waals surface area contributed by atoms with E-state index in [-0.39, 0.29) is 134 Å². The predicted molar refractivity (Wildman–Crippen MR) is 327 cm³/mol. The molecule has 0 saturated carbocycles. The van der Waals surface area contributed by atoms with Gasteiger partial charge >= 0.3 is 5.97 Å². The summed E-state index contributed by atoms with van der Waals surface area (Å²) in [6.45, 7) is -1.94. The lowest BCUT2D eigenvalue weighted by Gasteiger charge is -2.27. The molecule has 0 spiro atoms. The molecule has 38 heteroatoms. The summed E-state index contributed by atoms with van der Waals surface area (Å²) in [7, 11) is 0. The van der Waals surface area contributed by atoms with Crippen molar-refractivity contribution in [3.05, 3.63) is 0 Å². The molecule has 0 aromatic carbocycles. The summed E-state index contributed by atoms with van der Waals surface area (Å²) in [5.74, 6) is -10.8. The number of aliphatic hydroxyl groups excluding tert-OH is 2. The van der Waals surface area contributed by atoms with Crippen molar-refractivity contribution in [2.24, 2.45) is 88.8 Å². The lowest BCUT2D eigenvalue weighted by Crippen LogP contribution is -2.61. The number of nitrogens with zero attached hydrogens (tertiary/aromatic N) is 4. The summed E-state index contributed by atoms with van der Waals surface area (Å²) in [6.07, 6.45) is 2.54. The largest absolute Gasteiger partial charge is 0.480 e. The molecular weight excluding hydrogens is 1160 g/mol. The molecule has 9 atom stereocenters. The van der Waals surface area contributed by atoms with Crippen LogP contribution in [0.15, 0.2) is 20.0 Å². The van der Waals surface area contributed by atoms with E-state index in [1.54, 1.807) is 0 Å². The lowest BCUT2D eigenvalue weighted by atomic mass is 10.0. The van der Waals surface area contributed by atoms with E-state index in [1.807, 2.05) is 0 Å². The van der Waals surface area contributed by atoms with Gasteiger partial charge in [0.05, 0.1) is 25.8 Å². The first-order valence-corrected chi connectivity index (χ1v) is 29.0. The van der Waals surface area contributed by atoms with E-state index >= 15 is 0 Å². The Labute approximate surface area is 510 Å². The zero-order valence-electron chi connectivity index (χ0n) is 49.9. The minimum absolute atomic E-state index is 0.0157. The van der Waals surface area contributed by atoms with Gasteiger partial charge < -0.3 is 132 Å². The molecule has 0 aliphatic heterocycles. The highest BCUT2D eigenvalue weighted by molar-refractivity contribution is 5.98. The lowest BCUT2D eigenvalue weighted by molar-refractivity contribution is -0.142. The Morgan fingerprint density at radius 2 is 0.580 bits per heavy atom. The van der Waals surface area contributed by atoms with Crippen molar-refractivity contribution >= 4 is 83.0 Å². The van der Waals surface area contributed by atoms with Crippen LogP contribution in [0.1, 0.15) is 109 Å². The molecule has 0 saturated heterocycles. The number of aliphatic hydroxyl groups is 2. The van der Waals surface area contributed by atoms with Gasteiger partial charge in [-0.2, -0.15) is 0 Å². The standard InChI is InChI=1S/C50H99N25O13/c51-18-4-1-12-30(42(83)73-34(46(87)88)14-3-6-20-53)70-40(81)32(16-9-23-65-49(59)60)71-41(82)33(17-10-24-66-50(61)62)72-44(85)35(26-76)75-45(86)36(27-77)74-43(84)31(13-2-5-19-52)69-39(80)29(15-8-22-64-48(57)58)68-37(78)25-67-38(79)28(54)11-7-21-63-47(55)56/h28-36,76-77H,1-27,51-54H2,(H,67,79)(H,68,78)(H,69,80)(H,70,81)(H,71,82)(H,72,85)(H,73,83)(H,74,84)(H,75,86)(H,87,88)(H4,55,56,63)(H4,57,58,64)(H4,59,60,65)(H4,61,62,66)/t28-,29-,30-,31-,32-,33-,34-,35-,36-/m0/s1.